The van der Waals surface area contributed by atoms with Crippen molar-refractivity contribution < 1.29 is 18.7 Å². The molecule has 2 amide bonds. The topological polar surface area (TPSA) is 67.4 Å². The molecule has 4 aliphatic carbocycles. The van der Waals surface area contributed by atoms with Gasteiger partial charge in [-0.15, -0.1) is 0 Å². The van der Waals surface area contributed by atoms with Gasteiger partial charge in [-0.1, -0.05) is 0 Å². The average Bonchev–Trinajstić information content (AvgIpc) is 2.63. The van der Waals surface area contributed by atoms with Gasteiger partial charge in [-0.2, -0.15) is 0 Å². The van der Waals surface area contributed by atoms with Crippen LogP contribution in [-0.4, -0.2) is 31.1 Å². The molecule has 5 nitrogen and oxygen atoms in total. The van der Waals surface area contributed by atoms with Gasteiger partial charge in [0, 0.05) is 19.3 Å². The average molecular weight is 360 g/mol. The van der Waals surface area contributed by atoms with Gasteiger partial charge in [-0.3, -0.25) is 9.59 Å². The molecular formula is C20H25FN2O3. The fourth-order valence-electron chi connectivity index (χ4n) is 5.70. The summed E-state index contributed by atoms with van der Waals surface area (Å²) in [5.74, 6) is 0.715. The molecule has 0 atom stereocenters. The number of hydrogen-bond acceptors (Lipinski definition) is 3. The van der Waals surface area contributed by atoms with Gasteiger partial charge < -0.3 is 15.4 Å². The van der Waals surface area contributed by atoms with Crippen molar-refractivity contribution in [1.29, 1.82) is 0 Å². The van der Waals surface area contributed by atoms with Crippen LogP contribution < -0.4 is 10.6 Å². The Bertz CT molecular complexity index is 676. The zero-order chi connectivity index (χ0) is 18.3. The van der Waals surface area contributed by atoms with E-state index in [0.717, 1.165) is 11.8 Å². The van der Waals surface area contributed by atoms with Gasteiger partial charge in [0.15, 0.2) is 0 Å². The van der Waals surface area contributed by atoms with Gasteiger partial charge in [-0.05, 0) is 80.0 Å². The molecule has 2 N–H and O–H groups in total. The molecule has 0 unspecified atom stereocenters. The van der Waals surface area contributed by atoms with E-state index in [1.807, 2.05) is 0 Å². The highest BCUT2D eigenvalue weighted by Crippen LogP contribution is 2.59. The van der Waals surface area contributed by atoms with Crippen LogP contribution in [0.4, 0.5) is 10.1 Å². The molecule has 4 aliphatic rings. The fourth-order valence-corrected chi connectivity index (χ4v) is 5.70. The van der Waals surface area contributed by atoms with Crippen LogP contribution >= 0.6 is 0 Å². The molecule has 0 aromatic heterocycles. The lowest BCUT2D eigenvalue weighted by atomic mass is 9.49. The Morgan fingerprint density at radius 3 is 2.15 bits per heavy atom. The first-order valence-electron chi connectivity index (χ1n) is 9.40. The summed E-state index contributed by atoms with van der Waals surface area (Å²) in [7, 11) is 1.73. The summed E-state index contributed by atoms with van der Waals surface area (Å²) in [6.45, 7) is 0.369. The second kappa shape index (κ2) is 6.65. The second-order valence-electron chi connectivity index (χ2n) is 8.11. The molecule has 1 aromatic rings. The molecule has 0 saturated heterocycles. The number of amides is 2. The third-order valence-electron chi connectivity index (χ3n) is 6.73. The molecule has 5 rings (SSSR count). The van der Waals surface area contributed by atoms with E-state index in [1.54, 1.807) is 7.11 Å². The summed E-state index contributed by atoms with van der Waals surface area (Å²) in [5, 5.41) is 5.28. The van der Waals surface area contributed by atoms with Crippen LogP contribution in [0.3, 0.4) is 0 Å². The summed E-state index contributed by atoms with van der Waals surface area (Å²) in [6.07, 6.45) is 6.01. The molecule has 26 heavy (non-hydrogen) atoms. The molecule has 0 spiro atoms. The molecular weight excluding hydrogens is 335 g/mol. The quantitative estimate of drug-likeness (QED) is 0.812. The monoisotopic (exact) mass is 360 g/mol. The van der Waals surface area contributed by atoms with Gasteiger partial charge in [0.2, 0.25) is 0 Å². The van der Waals surface area contributed by atoms with Crippen molar-refractivity contribution in [2.24, 2.45) is 23.7 Å². The van der Waals surface area contributed by atoms with Gasteiger partial charge in [0.25, 0.3) is 0 Å². The normalized spacial score (nSPS) is 34.5. The van der Waals surface area contributed by atoms with E-state index in [2.05, 4.69) is 10.6 Å². The van der Waals surface area contributed by atoms with E-state index in [0.29, 0.717) is 24.1 Å². The van der Waals surface area contributed by atoms with E-state index >= 15 is 0 Å². The SMILES string of the molecule is COC1(CNC(=O)C(=O)Nc2ccc(F)cc2)C2CC3CC(C2)CC1C3. The minimum absolute atomic E-state index is 0.348. The Balaban J connectivity index is 1.38. The van der Waals surface area contributed by atoms with Gasteiger partial charge >= 0.3 is 11.8 Å². The van der Waals surface area contributed by atoms with E-state index in [4.69, 9.17) is 4.74 Å². The van der Waals surface area contributed by atoms with Crippen LogP contribution in [0.1, 0.15) is 32.1 Å². The zero-order valence-corrected chi connectivity index (χ0v) is 15.0. The van der Waals surface area contributed by atoms with Crippen LogP contribution in [0.25, 0.3) is 0 Å². The highest BCUT2D eigenvalue weighted by atomic mass is 19.1. The Kier molecular flexibility index (Phi) is 4.47. The number of halogens is 1. The Hall–Kier alpha value is -1.95. The van der Waals surface area contributed by atoms with Crippen molar-refractivity contribution >= 4 is 17.5 Å². The van der Waals surface area contributed by atoms with Crippen molar-refractivity contribution in [3.8, 4) is 0 Å². The Morgan fingerprint density at radius 1 is 1.04 bits per heavy atom. The number of anilines is 1. The summed E-state index contributed by atoms with van der Waals surface area (Å²) in [6, 6.07) is 5.33. The number of rotatable bonds is 4. The van der Waals surface area contributed by atoms with E-state index in [1.165, 1.54) is 56.4 Å². The van der Waals surface area contributed by atoms with E-state index < -0.39 is 17.6 Å². The van der Waals surface area contributed by atoms with E-state index in [9.17, 15) is 14.0 Å². The molecule has 140 valence electrons. The highest BCUT2D eigenvalue weighted by Gasteiger charge is 2.57. The lowest BCUT2D eigenvalue weighted by Crippen LogP contribution is -2.63. The molecule has 1 aromatic carbocycles. The minimum atomic E-state index is -0.744. The number of methoxy groups -OCH3 is 1. The van der Waals surface area contributed by atoms with Crippen LogP contribution in [0.15, 0.2) is 24.3 Å². The lowest BCUT2D eigenvalue weighted by molar-refractivity contribution is -0.188. The van der Waals surface area contributed by atoms with Crippen molar-refractivity contribution in [3.05, 3.63) is 30.1 Å². The summed E-state index contributed by atoms with van der Waals surface area (Å²) < 4.78 is 18.9. The standard InChI is InChI=1S/C20H25FN2O3/c1-26-20(14-7-12-6-13(9-14)10-15(20)8-12)11-22-18(24)19(25)23-17-4-2-16(21)3-5-17/h2-5,12-15H,6-11H2,1H3,(H,22,24)(H,23,25). The number of carbonyl (C=O) groups is 2. The first-order chi connectivity index (χ1) is 12.5. The van der Waals surface area contributed by atoms with Crippen LogP contribution in [0.5, 0.6) is 0 Å². The van der Waals surface area contributed by atoms with Crippen LogP contribution in [-0.2, 0) is 14.3 Å². The first kappa shape index (κ1) is 17.5. The van der Waals surface area contributed by atoms with Crippen molar-refractivity contribution in [3.63, 3.8) is 0 Å². The number of nitrogens with one attached hydrogen (secondary N) is 2. The number of hydrogen-bond donors (Lipinski definition) is 2. The molecule has 6 heteroatoms. The summed E-state index contributed by atoms with van der Waals surface area (Å²) in [5.41, 5.74) is 0.0433. The maximum absolute atomic E-state index is 12.9. The Labute approximate surface area is 152 Å². The van der Waals surface area contributed by atoms with Crippen LogP contribution in [0, 0.1) is 29.5 Å². The van der Waals surface area contributed by atoms with Gasteiger partial charge in [0.1, 0.15) is 5.82 Å². The predicted octanol–water partition coefficient (Wildman–Crippen LogP) is 2.72. The first-order valence-corrected chi connectivity index (χ1v) is 9.40. The number of carbonyl (C=O) groups excluding carboxylic acids is 2. The maximum atomic E-state index is 12.9. The van der Waals surface area contributed by atoms with E-state index in [-0.39, 0.29) is 5.60 Å². The third kappa shape index (κ3) is 3.00. The fraction of sp³-hybridized carbons (Fsp3) is 0.600. The molecule has 4 fully saturated rings. The molecule has 4 bridgehead atoms. The van der Waals surface area contributed by atoms with Crippen LogP contribution in [0.2, 0.25) is 0 Å². The summed E-state index contributed by atoms with van der Waals surface area (Å²) >= 11 is 0. The van der Waals surface area contributed by atoms with Gasteiger partial charge in [0.05, 0.1) is 5.60 Å². The molecule has 0 heterocycles. The van der Waals surface area contributed by atoms with Gasteiger partial charge in [-0.25, -0.2) is 4.39 Å². The van der Waals surface area contributed by atoms with Crippen molar-refractivity contribution in [2.45, 2.75) is 37.7 Å². The molecule has 4 saturated carbocycles. The van der Waals surface area contributed by atoms with Crippen molar-refractivity contribution in [1.82, 2.24) is 5.32 Å². The predicted molar refractivity (Wildman–Crippen MR) is 94.8 cm³/mol. The largest absolute Gasteiger partial charge is 0.376 e. The van der Waals surface area contributed by atoms with Crippen molar-refractivity contribution in [2.75, 3.05) is 19.0 Å². The molecule has 0 aliphatic heterocycles. The zero-order valence-electron chi connectivity index (χ0n) is 15.0. The second-order valence-corrected chi connectivity index (χ2v) is 8.11. The number of ether oxygens (including phenoxy) is 1. The highest BCUT2D eigenvalue weighted by molar-refractivity contribution is 6.39. The molecule has 0 radical (unpaired) electrons. The minimum Gasteiger partial charge on any atom is -0.376 e. The number of benzene rings is 1. The Morgan fingerprint density at radius 2 is 1.62 bits per heavy atom. The smallest absolute Gasteiger partial charge is 0.313 e. The maximum Gasteiger partial charge on any atom is 0.313 e. The lowest BCUT2D eigenvalue weighted by Gasteiger charge is -2.60. The third-order valence-corrected chi connectivity index (χ3v) is 6.73. The summed E-state index contributed by atoms with van der Waals surface area (Å²) in [4.78, 5) is 24.4.